The van der Waals surface area contributed by atoms with E-state index in [2.05, 4.69) is 5.32 Å². The highest BCUT2D eigenvalue weighted by Gasteiger charge is 2.39. The lowest BCUT2D eigenvalue weighted by molar-refractivity contribution is -0.149. The number of para-hydroxylation sites is 1. The van der Waals surface area contributed by atoms with Gasteiger partial charge in [-0.15, -0.1) is 0 Å². The molecular formula is C14H19NO3. The molecular weight excluding hydrogens is 230 g/mol. The van der Waals surface area contributed by atoms with Gasteiger partial charge in [-0.25, -0.2) is 0 Å². The highest BCUT2D eigenvalue weighted by molar-refractivity contribution is 5.72. The summed E-state index contributed by atoms with van der Waals surface area (Å²) in [7, 11) is 0. The lowest BCUT2D eigenvalue weighted by Crippen LogP contribution is -2.39. The number of anilines is 1. The Bertz CT molecular complexity index is 444. The highest BCUT2D eigenvalue weighted by Crippen LogP contribution is 2.36. The number of hydrogen-bond donors (Lipinski definition) is 2. The van der Waals surface area contributed by atoms with Gasteiger partial charge in [-0.3, -0.25) is 4.79 Å². The number of aliphatic hydroxyl groups is 1. The predicted octanol–water partition coefficient (Wildman–Crippen LogP) is 1.54. The molecule has 0 amide bonds. The quantitative estimate of drug-likeness (QED) is 0.795. The van der Waals surface area contributed by atoms with Crippen LogP contribution in [0.1, 0.15) is 19.4 Å². The summed E-state index contributed by atoms with van der Waals surface area (Å²) in [5.41, 5.74) is 1.51. The van der Waals surface area contributed by atoms with Gasteiger partial charge in [0.2, 0.25) is 0 Å². The average Bonchev–Trinajstić information content (AvgIpc) is 2.75. The molecule has 1 aliphatic heterocycles. The van der Waals surface area contributed by atoms with Crippen molar-refractivity contribution in [2.75, 3.05) is 25.1 Å². The number of carbonyl (C=O) groups is 1. The predicted molar refractivity (Wildman–Crippen MR) is 69.5 cm³/mol. The van der Waals surface area contributed by atoms with Crippen LogP contribution < -0.4 is 5.32 Å². The molecule has 2 rings (SSSR count). The Hall–Kier alpha value is -1.55. The largest absolute Gasteiger partial charge is 0.464 e. The molecule has 2 N–H and O–H groups in total. The van der Waals surface area contributed by atoms with E-state index in [0.717, 1.165) is 11.3 Å². The maximum atomic E-state index is 11.5. The third-order valence-electron chi connectivity index (χ3n) is 3.38. The fourth-order valence-electron chi connectivity index (χ4n) is 2.15. The van der Waals surface area contributed by atoms with E-state index in [-0.39, 0.29) is 25.1 Å². The summed E-state index contributed by atoms with van der Waals surface area (Å²) >= 11 is 0. The number of esters is 1. The average molecular weight is 249 g/mol. The Labute approximate surface area is 107 Å². The molecule has 0 spiro atoms. The number of hydrogen-bond acceptors (Lipinski definition) is 4. The molecule has 0 unspecified atom stereocenters. The number of nitrogens with one attached hydrogen (secondary N) is 1. The first-order valence-electron chi connectivity index (χ1n) is 6.20. The number of aliphatic hydroxyl groups excluding tert-OH is 1. The van der Waals surface area contributed by atoms with Gasteiger partial charge in [-0.2, -0.15) is 0 Å². The minimum absolute atomic E-state index is 0.0393. The third kappa shape index (κ3) is 2.20. The zero-order valence-electron chi connectivity index (χ0n) is 10.8. The molecule has 18 heavy (non-hydrogen) atoms. The van der Waals surface area contributed by atoms with Crippen LogP contribution in [-0.4, -0.2) is 30.8 Å². The molecule has 0 bridgehead atoms. The number of fused-ring (bicyclic) bond motifs is 1. The molecule has 0 aromatic heterocycles. The summed E-state index contributed by atoms with van der Waals surface area (Å²) in [4.78, 5) is 11.5. The normalized spacial score (nSPS) is 21.6. The lowest BCUT2D eigenvalue weighted by Gasteiger charge is -2.26. The standard InChI is InChI=1S/C14H19NO3/c1-10(2)13(17)18-9-14(8-16)7-15-12-6-4-3-5-11(12)14/h3-6,10,15-16H,7-9H2,1-2H3/t14-/m1/s1. The van der Waals surface area contributed by atoms with Crippen LogP contribution in [0.5, 0.6) is 0 Å². The summed E-state index contributed by atoms with van der Waals surface area (Å²) < 4.78 is 5.30. The van der Waals surface area contributed by atoms with Gasteiger partial charge in [0, 0.05) is 12.2 Å². The van der Waals surface area contributed by atoms with Gasteiger partial charge in [0.25, 0.3) is 0 Å². The topological polar surface area (TPSA) is 58.6 Å². The smallest absolute Gasteiger partial charge is 0.308 e. The zero-order chi connectivity index (χ0) is 13.2. The number of carbonyl (C=O) groups excluding carboxylic acids is 1. The van der Waals surface area contributed by atoms with Crippen molar-refractivity contribution in [3.05, 3.63) is 29.8 Å². The van der Waals surface area contributed by atoms with Crippen LogP contribution in [0.4, 0.5) is 5.69 Å². The molecule has 1 aromatic carbocycles. The number of benzene rings is 1. The summed E-state index contributed by atoms with van der Waals surface area (Å²) in [5, 5.41) is 12.9. The minimum Gasteiger partial charge on any atom is -0.464 e. The Kier molecular flexibility index (Phi) is 3.57. The Morgan fingerprint density at radius 1 is 1.50 bits per heavy atom. The first-order valence-corrected chi connectivity index (χ1v) is 6.20. The fourth-order valence-corrected chi connectivity index (χ4v) is 2.15. The fraction of sp³-hybridized carbons (Fsp3) is 0.500. The van der Waals surface area contributed by atoms with Gasteiger partial charge < -0.3 is 15.2 Å². The summed E-state index contributed by atoms with van der Waals surface area (Å²) in [6.07, 6.45) is 0. The van der Waals surface area contributed by atoms with Gasteiger partial charge in [0.15, 0.2) is 0 Å². The van der Waals surface area contributed by atoms with Crippen LogP contribution in [-0.2, 0) is 14.9 Å². The van der Waals surface area contributed by atoms with Crippen LogP contribution in [0.15, 0.2) is 24.3 Å². The Morgan fingerprint density at radius 2 is 2.22 bits per heavy atom. The van der Waals surface area contributed by atoms with Crippen LogP contribution in [0.25, 0.3) is 0 Å². The molecule has 0 aliphatic carbocycles. The summed E-state index contributed by atoms with van der Waals surface area (Å²) in [6, 6.07) is 7.81. The van der Waals surface area contributed by atoms with Gasteiger partial charge in [-0.05, 0) is 11.6 Å². The monoisotopic (exact) mass is 249 g/mol. The van der Waals surface area contributed by atoms with Crippen LogP contribution in [0, 0.1) is 5.92 Å². The first-order chi connectivity index (χ1) is 8.59. The Morgan fingerprint density at radius 3 is 2.89 bits per heavy atom. The summed E-state index contributed by atoms with van der Waals surface area (Å²) in [6.45, 7) is 4.37. The second-order valence-corrected chi connectivity index (χ2v) is 5.10. The van der Waals surface area contributed by atoms with E-state index in [1.807, 2.05) is 24.3 Å². The van der Waals surface area contributed by atoms with Crippen molar-refractivity contribution >= 4 is 11.7 Å². The molecule has 98 valence electrons. The lowest BCUT2D eigenvalue weighted by atomic mass is 9.84. The van der Waals surface area contributed by atoms with Gasteiger partial charge in [-0.1, -0.05) is 32.0 Å². The molecule has 1 aromatic rings. The third-order valence-corrected chi connectivity index (χ3v) is 3.38. The van der Waals surface area contributed by atoms with Crippen molar-refractivity contribution < 1.29 is 14.6 Å². The number of ether oxygens (including phenoxy) is 1. The van der Waals surface area contributed by atoms with Gasteiger partial charge >= 0.3 is 5.97 Å². The van der Waals surface area contributed by atoms with Crippen molar-refractivity contribution in [3.63, 3.8) is 0 Å². The van der Waals surface area contributed by atoms with Crippen molar-refractivity contribution in [1.29, 1.82) is 0 Å². The van der Waals surface area contributed by atoms with E-state index in [1.165, 1.54) is 0 Å². The van der Waals surface area contributed by atoms with Crippen molar-refractivity contribution in [3.8, 4) is 0 Å². The molecule has 0 radical (unpaired) electrons. The van der Waals surface area contributed by atoms with Crippen LogP contribution >= 0.6 is 0 Å². The minimum atomic E-state index is -0.513. The second-order valence-electron chi connectivity index (χ2n) is 5.10. The maximum absolute atomic E-state index is 11.5. The van der Waals surface area contributed by atoms with Crippen LogP contribution in [0.3, 0.4) is 0 Å². The van der Waals surface area contributed by atoms with E-state index < -0.39 is 5.41 Å². The molecule has 1 heterocycles. The molecule has 0 saturated heterocycles. The summed E-state index contributed by atoms with van der Waals surface area (Å²) in [5.74, 6) is -0.377. The molecule has 4 heteroatoms. The maximum Gasteiger partial charge on any atom is 0.308 e. The SMILES string of the molecule is CC(C)C(=O)OC[C@]1(CO)CNc2ccccc21. The molecule has 4 nitrogen and oxygen atoms in total. The van der Waals surface area contributed by atoms with E-state index in [1.54, 1.807) is 13.8 Å². The van der Waals surface area contributed by atoms with E-state index in [0.29, 0.717) is 6.54 Å². The van der Waals surface area contributed by atoms with Crippen LogP contribution in [0.2, 0.25) is 0 Å². The molecule has 1 aliphatic rings. The molecule has 0 saturated carbocycles. The first kappa shape index (κ1) is 12.9. The van der Waals surface area contributed by atoms with E-state index in [4.69, 9.17) is 4.74 Å². The van der Waals surface area contributed by atoms with Crippen molar-refractivity contribution in [2.45, 2.75) is 19.3 Å². The Balaban J connectivity index is 2.16. The molecule has 1 atom stereocenters. The van der Waals surface area contributed by atoms with Crippen molar-refractivity contribution in [1.82, 2.24) is 0 Å². The van der Waals surface area contributed by atoms with Gasteiger partial charge in [0.05, 0.1) is 17.9 Å². The van der Waals surface area contributed by atoms with E-state index in [9.17, 15) is 9.90 Å². The van der Waals surface area contributed by atoms with Crippen molar-refractivity contribution in [2.24, 2.45) is 5.92 Å². The second kappa shape index (κ2) is 4.98. The van der Waals surface area contributed by atoms with Gasteiger partial charge in [0.1, 0.15) is 6.61 Å². The number of rotatable bonds is 4. The zero-order valence-corrected chi connectivity index (χ0v) is 10.8. The van der Waals surface area contributed by atoms with E-state index >= 15 is 0 Å². The molecule has 0 fully saturated rings. The highest BCUT2D eigenvalue weighted by atomic mass is 16.5.